The molecule has 0 fully saturated rings. The first-order chi connectivity index (χ1) is 8.90. The Bertz CT molecular complexity index is 637. The van der Waals surface area contributed by atoms with Crippen molar-refractivity contribution in [1.29, 1.82) is 0 Å². The Morgan fingerprint density at radius 2 is 2.11 bits per heavy atom. The Kier molecular flexibility index (Phi) is 3.20. The van der Waals surface area contributed by atoms with Gasteiger partial charge in [0, 0.05) is 17.2 Å². The van der Waals surface area contributed by atoms with Crippen molar-refractivity contribution in [3.05, 3.63) is 39.7 Å². The second-order valence-electron chi connectivity index (χ2n) is 4.42. The van der Waals surface area contributed by atoms with Crippen LogP contribution in [0.5, 0.6) is 0 Å². The van der Waals surface area contributed by atoms with Gasteiger partial charge in [-0.1, -0.05) is 19.0 Å². The second kappa shape index (κ2) is 4.68. The highest BCUT2D eigenvalue weighted by Crippen LogP contribution is 2.35. The lowest BCUT2D eigenvalue weighted by atomic mass is 9.99. The molecule has 0 amide bonds. The van der Waals surface area contributed by atoms with Crippen molar-refractivity contribution in [3.63, 3.8) is 0 Å². The summed E-state index contributed by atoms with van der Waals surface area (Å²) >= 11 is 0. The van der Waals surface area contributed by atoms with E-state index in [4.69, 9.17) is 10.3 Å². The lowest BCUT2D eigenvalue weighted by molar-refractivity contribution is -0.385. The second-order valence-corrected chi connectivity index (χ2v) is 4.42. The molecule has 0 radical (unpaired) electrons. The molecular formula is C12H12FN3O3. The van der Waals surface area contributed by atoms with Crippen molar-refractivity contribution >= 4 is 11.5 Å². The van der Waals surface area contributed by atoms with E-state index in [0.29, 0.717) is 5.56 Å². The zero-order valence-electron chi connectivity index (χ0n) is 10.4. The average molecular weight is 265 g/mol. The van der Waals surface area contributed by atoms with Gasteiger partial charge < -0.3 is 10.3 Å². The Morgan fingerprint density at radius 1 is 1.42 bits per heavy atom. The summed E-state index contributed by atoms with van der Waals surface area (Å²) in [7, 11) is 0. The van der Waals surface area contributed by atoms with Gasteiger partial charge in [0.1, 0.15) is 5.82 Å². The predicted octanol–water partition coefficient (Wildman–Crippen LogP) is 3.09. The summed E-state index contributed by atoms with van der Waals surface area (Å²) in [6.07, 6.45) is 0. The normalized spacial score (nSPS) is 10.9. The highest BCUT2D eigenvalue weighted by atomic mass is 19.1. The number of benzene rings is 1. The molecule has 1 aromatic heterocycles. The van der Waals surface area contributed by atoms with Crippen LogP contribution in [-0.4, -0.2) is 10.1 Å². The molecule has 0 saturated heterocycles. The van der Waals surface area contributed by atoms with Crippen molar-refractivity contribution in [2.45, 2.75) is 19.8 Å². The number of halogens is 1. The molecule has 0 saturated carbocycles. The number of non-ortho nitro benzene ring substituents is 1. The maximum absolute atomic E-state index is 13.4. The quantitative estimate of drug-likeness (QED) is 0.679. The fraction of sp³-hybridized carbons (Fsp3) is 0.250. The number of nitrogens with two attached hydrogens (primary N) is 1. The van der Waals surface area contributed by atoms with E-state index in [1.54, 1.807) is 0 Å². The molecule has 1 heterocycles. The predicted molar refractivity (Wildman–Crippen MR) is 67.1 cm³/mol. The minimum Gasteiger partial charge on any atom is -0.381 e. The molecule has 0 spiro atoms. The molecule has 6 nitrogen and oxygen atoms in total. The first-order valence-electron chi connectivity index (χ1n) is 5.60. The van der Waals surface area contributed by atoms with Crippen LogP contribution in [0.3, 0.4) is 0 Å². The molecule has 2 N–H and O–H groups in total. The number of hydrogen-bond acceptors (Lipinski definition) is 5. The lowest BCUT2D eigenvalue weighted by Gasteiger charge is -2.05. The molecular weight excluding hydrogens is 253 g/mol. The fourth-order valence-corrected chi connectivity index (χ4v) is 1.89. The highest BCUT2D eigenvalue weighted by molar-refractivity contribution is 5.69. The molecule has 1 aromatic carbocycles. The van der Waals surface area contributed by atoms with E-state index in [9.17, 15) is 14.5 Å². The molecule has 0 unspecified atom stereocenters. The number of anilines is 1. The van der Waals surface area contributed by atoms with Crippen molar-refractivity contribution in [2.75, 3.05) is 5.73 Å². The third-order valence-electron chi connectivity index (χ3n) is 2.69. The summed E-state index contributed by atoms with van der Waals surface area (Å²) in [5, 5.41) is 14.4. The average Bonchev–Trinajstić information content (AvgIpc) is 2.70. The third-order valence-corrected chi connectivity index (χ3v) is 2.69. The van der Waals surface area contributed by atoms with Crippen LogP contribution in [0.1, 0.15) is 25.3 Å². The molecule has 7 heteroatoms. The van der Waals surface area contributed by atoms with Gasteiger partial charge in [-0.25, -0.2) is 4.39 Å². The van der Waals surface area contributed by atoms with Gasteiger partial charge in [0.2, 0.25) is 0 Å². The Balaban J connectivity index is 2.62. The van der Waals surface area contributed by atoms with E-state index in [1.807, 2.05) is 13.8 Å². The molecule has 2 aromatic rings. The smallest absolute Gasteiger partial charge is 0.273 e. The first kappa shape index (κ1) is 13.0. The monoisotopic (exact) mass is 265 g/mol. The molecule has 100 valence electrons. The maximum atomic E-state index is 13.4. The van der Waals surface area contributed by atoms with Crippen LogP contribution in [0.15, 0.2) is 22.7 Å². The number of aromatic nitrogens is 1. The van der Waals surface area contributed by atoms with Gasteiger partial charge in [-0.3, -0.25) is 10.1 Å². The number of rotatable bonds is 3. The van der Waals surface area contributed by atoms with Gasteiger partial charge >= 0.3 is 0 Å². The van der Waals surface area contributed by atoms with Gasteiger partial charge in [-0.05, 0) is 12.0 Å². The van der Waals surface area contributed by atoms with Gasteiger partial charge in [0.05, 0.1) is 11.0 Å². The van der Waals surface area contributed by atoms with Crippen molar-refractivity contribution in [2.24, 2.45) is 0 Å². The molecule has 0 aliphatic heterocycles. The summed E-state index contributed by atoms with van der Waals surface area (Å²) < 4.78 is 18.5. The molecule has 19 heavy (non-hydrogen) atoms. The molecule has 0 bridgehead atoms. The minimum absolute atomic E-state index is 0.00331. The fourth-order valence-electron chi connectivity index (χ4n) is 1.89. The largest absolute Gasteiger partial charge is 0.381 e. The molecule has 0 aliphatic rings. The van der Waals surface area contributed by atoms with Crippen LogP contribution >= 0.6 is 0 Å². The van der Waals surface area contributed by atoms with Crippen LogP contribution in [0.25, 0.3) is 11.3 Å². The van der Waals surface area contributed by atoms with Crippen molar-refractivity contribution in [3.8, 4) is 11.3 Å². The van der Waals surface area contributed by atoms with Gasteiger partial charge in [0.25, 0.3) is 5.69 Å². The van der Waals surface area contributed by atoms with E-state index < -0.39 is 10.7 Å². The minimum atomic E-state index is -0.714. The van der Waals surface area contributed by atoms with E-state index in [1.165, 1.54) is 6.07 Å². The Labute approximate surface area is 108 Å². The van der Waals surface area contributed by atoms with Gasteiger partial charge in [0.15, 0.2) is 11.6 Å². The maximum Gasteiger partial charge on any atom is 0.273 e. The van der Waals surface area contributed by atoms with Crippen LogP contribution in [0.2, 0.25) is 0 Å². The highest BCUT2D eigenvalue weighted by Gasteiger charge is 2.21. The standard InChI is InChI=1S/C12H12FN3O3/c1-6(2)10-11(19-15-12(10)14)7-3-8(13)5-9(4-7)16(17)18/h3-6H,1-2H3,(H2,14,15). The Hall–Kier alpha value is -2.44. The molecule has 0 atom stereocenters. The van der Waals surface area contributed by atoms with Crippen LogP contribution in [0, 0.1) is 15.9 Å². The zero-order valence-corrected chi connectivity index (χ0v) is 10.4. The van der Waals surface area contributed by atoms with Crippen molar-refractivity contribution < 1.29 is 13.8 Å². The third kappa shape index (κ3) is 2.40. The topological polar surface area (TPSA) is 95.2 Å². The number of hydrogen-bond donors (Lipinski definition) is 1. The first-order valence-corrected chi connectivity index (χ1v) is 5.60. The Morgan fingerprint density at radius 3 is 2.68 bits per heavy atom. The number of nitrogens with zero attached hydrogens (tertiary/aromatic N) is 2. The van der Waals surface area contributed by atoms with Crippen LogP contribution in [0.4, 0.5) is 15.9 Å². The van der Waals surface area contributed by atoms with Crippen LogP contribution < -0.4 is 5.73 Å². The number of nitrogen functional groups attached to an aromatic ring is 1. The molecule has 0 aliphatic carbocycles. The van der Waals surface area contributed by atoms with E-state index >= 15 is 0 Å². The lowest BCUT2D eigenvalue weighted by Crippen LogP contribution is -1.96. The van der Waals surface area contributed by atoms with Crippen LogP contribution in [-0.2, 0) is 0 Å². The summed E-state index contributed by atoms with van der Waals surface area (Å²) in [5.41, 5.74) is 6.20. The molecule has 2 rings (SSSR count). The summed E-state index contributed by atoms with van der Waals surface area (Å²) in [6, 6.07) is 3.23. The number of nitro benzene ring substituents is 1. The van der Waals surface area contributed by atoms with Gasteiger partial charge in [-0.2, -0.15) is 0 Å². The van der Waals surface area contributed by atoms with E-state index in [2.05, 4.69) is 5.16 Å². The van der Waals surface area contributed by atoms with Crippen molar-refractivity contribution in [1.82, 2.24) is 5.16 Å². The zero-order chi connectivity index (χ0) is 14.2. The van der Waals surface area contributed by atoms with Gasteiger partial charge in [-0.15, -0.1) is 0 Å². The number of nitro groups is 1. The van der Waals surface area contributed by atoms with E-state index in [-0.39, 0.29) is 28.7 Å². The SMILES string of the molecule is CC(C)c1c(N)noc1-c1cc(F)cc([N+](=O)[O-])c1. The van der Waals surface area contributed by atoms with E-state index in [0.717, 1.165) is 12.1 Å². The summed E-state index contributed by atoms with van der Waals surface area (Å²) in [5.74, 6) is -0.246. The summed E-state index contributed by atoms with van der Waals surface area (Å²) in [6.45, 7) is 3.75. The summed E-state index contributed by atoms with van der Waals surface area (Å²) in [4.78, 5) is 10.1.